The van der Waals surface area contributed by atoms with Crippen molar-refractivity contribution in [2.75, 3.05) is 4.90 Å². The number of anilines is 3. The molecule has 0 aromatic heterocycles. The highest BCUT2D eigenvalue weighted by atomic mass is 28.3. The molecule has 0 amide bonds. The van der Waals surface area contributed by atoms with Crippen LogP contribution in [-0.4, -0.2) is 8.07 Å². The summed E-state index contributed by atoms with van der Waals surface area (Å²) in [7, 11) is -2.62. The molecule has 1 nitrogen and oxygen atoms in total. The van der Waals surface area contributed by atoms with Gasteiger partial charge in [0.2, 0.25) is 0 Å². The van der Waals surface area contributed by atoms with Crippen LogP contribution in [0.25, 0.3) is 54.2 Å². The first kappa shape index (κ1) is 32.9. The predicted octanol–water partition coefficient (Wildman–Crippen LogP) is 11.8. The first-order valence-corrected chi connectivity index (χ1v) is 20.8. The first-order valence-electron chi connectivity index (χ1n) is 18.8. The molecule has 0 bridgehead atoms. The fourth-order valence-corrected chi connectivity index (χ4v) is 14.6. The molecule has 1 heterocycles. The summed E-state index contributed by atoms with van der Waals surface area (Å²) >= 11 is 0. The maximum absolute atomic E-state index is 2.62. The summed E-state index contributed by atoms with van der Waals surface area (Å²) in [6.07, 6.45) is 0. The minimum Gasteiger partial charge on any atom is -0.309 e. The number of benzene rings is 10. The summed E-state index contributed by atoms with van der Waals surface area (Å²) in [6, 6.07) is 79.3. The zero-order chi connectivity index (χ0) is 35.6. The molecule has 0 atom stereocenters. The van der Waals surface area contributed by atoms with Crippen molar-refractivity contribution in [2.24, 2.45) is 0 Å². The molecular formula is C53H39NSi. The standard InChI is InChI=1S/C52H35NSi.CH4/c1-3-19-39(20-4-1)54(40-21-5-2-6-22-40)51-30-16-15-29-47(51)48-35-38(31-32-52(48)54)53(49-33-36-17-7-9-23-41(36)43-25-11-13-27-45(43)49)50-34-37-18-8-10-24-42(37)44-26-12-14-28-46(44)50;/h1-35H;1H4. The molecule has 0 N–H and O–H groups in total. The number of hydrogen-bond acceptors (Lipinski definition) is 1. The maximum atomic E-state index is 2.54. The van der Waals surface area contributed by atoms with Crippen LogP contribution in [0.4, 0.5) is 17.1 Å². The number of rotatable bonds is 5. The number of fused-ring (bicyclic) bond motifs is 9. The van der Waals surface area contributed by atoms with Crippen molar-refractivity contribution in [1.29, 1.82) is 0 Å². The molecule has 260 valence electrons. The van der Waals surface area contributed by atoms with Crippen LogP contribution >= 0.6 is 0 Å². The van der Waals surface area contributed by atoms with Gasteiger partial charge in [-0.2, -0.15) is 0 Å². The van der Waals surface area contributed by atoms with E-state index in [2.05, 4.69) is 217 Å². The fourth-order valence-electron chi connectivity index (χ4n) is 9.42. The molecule has 0 unspecified atom stereocenters. The van der Waals surface area contributed by atoms with E-state index in [1.54, 1.807) is 0 Å². The van der Waals surface area contributed by atoms with Crippen LogP contribution in [0.1, 0.15) is 7.43 Å². The normalized spacial score (nSPS) is 12.7. The van der Waals surface area contributed by atoms with E-state index in [0.717, 1.165) is 5.69 Å². The number of nitrogens with zero attached hydrogens (tertiary/aromatic N) is 1. The Kier molecular flexibility index (Phi) is 7.76. The van der Waals surface area contributed by atoms with Crippen LogP contribution in [-0.2, 0) is 0 Å². The average Bonchev–Trinajstić information content (AvgIpc) is 3.55. The van der Waals surface area contributed by atoms with Crippen LogP contribution in [0.5, 0.6) is 0 Å². The molecule has 11 rings (SSSR count). The lowest BCUT2D eigenvalue weighted by molar-refractivity contribution is 1.32. The lowest BCUT2D eigenvalue weighted by Gasteiger charge is -2.32. The fraction of sp³-hybridized carbons (Fsp3) is 0.0189. The summed E-state index contributed by atoms with van der Waals surface area (Å²) in [5.74, 6) is 0. The smallest absolute Gasteiger partial charge is 0.180 e. The molecular weight excluding hydrogens is 679 g/mol. The summed E-state index contributed by atoms with van der Waals surface area (Å²) in [5, 5.41) is 15.7. The summed E-state index contributed by atoms with van der Waals surface area (Å²) in [5.41, 5.74) is 6.15. The second-order valence-corrected chi connectivity index (χ2v) is 18.1. The topological polar surface area (TPSA) is 3.24 Å². The van der Waals surface area contributed by atoms with Gasteiger partial charge in [-0.3, -0.25) is 0 Å². The van der Waals surface area contributed by atoms with Crippen molar-refractivity contribution >= 4 is 89.0 Å². The van der Waals surface area contributed by atoms with Crippen molar-refractivity contribution < 1.29 is 0 Å². The van der Waals surface area contributed by atoms with Gasteiger partial charge in [-0.05, 0) is 88.5 Å². The highest BCUT2D eigenvalue weighted by Gasteiger charge is 2.48. The zero-order valence-corrected chi connectivity index (χ0v) is 30.7. The predicted molar refractivity (Wildman–Crippen MR) is 240 cm³/mol. The van der Waals surface area contributed by atoms with Crippen LogP contribution in [0.2, 0.25) is 0 Å². The third-order valence-electron chi connectivity index (χ3n) is 11.7. The van der Waals surface area contributed by atoms with Crippen LogP contribution < -0.4 is 25.6 Å². The van der Waals surface area contributed by atoms with Crippen LogP contribution in [0.3, 0.4) is 0 Å². The Morgan fingerprint density at radius 1 is 0.309 bits per heavy atom. The first-order chi connectivity index (χ1) is 26.8. The lowest BCUT2D eigenvalue weighted by atomic mass is 9.96. The molecule has 1 aliphatic rings. The number of hydrogen-bond donors (Lipinski definition) is 0. The SMILES string of the molecule is C.c1ccc([Si]2(c3ccccc3)c3ccccc3-c3cc(N(c4cc5ccccc5c5ccccc45)c4cc5ccccc5c5ccccc45)ccc32)cc1. The largest absolute Gasteiger partial charge is 0.309 e. The van der Waals surface area contributed by atoms with Crippen molar-refractivity contribution in [3.05, 3.63) is 212 Å². The molecule has 55 heavy (non-hydrogen) atoms. The van der Waals surface area contributed by atoms with Gasteiger partial charge in [-0.15, -0.1) is 0 Å². The van der Waals surface area contributed by atoms with Gasteiger partial charge in [0.1, 0.15) is 0 Å². The molecule has 2 heteroatoms. The quantitative estimate of drug-likeness (QED) is 0.127. The van der Waals surface area contributed by atoms with Crippen molar-refractivity contribution in [3.8, 4) is 11.1 Å². The second-order valence-electron chi connectivity index (χ2n) is 14.4. The van der Waals surface area contributed by atoms with Crippen LogP contribution in [0, 0.1) is 0 Å². The Bertz CT molecular complexity index is 2900. The minimum atomic E-state index is -2.62. The third-order valence-corrected chi connectivity index (χ3v) is 16.6. The second kappa shape index (κ2) is 13.0. The Morgan fingerprint density at radius 3 is 1.27 bits per heavy atom. The Hall–Kier alpha value is -6.74. The van der Waals surface area contributed by atoms with Gasteiger partial charge in [-0.25, -0.2) is 0 Å². The minimum absolute atomic E-state index is 0. The molecule has 0 saturated heterocycles. The van der Waals surface area contributed by atoms with E-state index in [4.69, 9.17) is 0 Å². The van der Waals surface area contributed by atoms with E-state index in [-0.39, 0.29) is 7.43 Å². The van der Waals surface area contributed by atoms with E-state index in [0.29, 0.717) is 0 Å². The summed E-state index contributed by atoms with van der Waals surface area (Å²) in [4.78, 5) is 2.54. The third kappa shape index (κ3) is 4.85. The van der Waals surface area contributed by atoms with Gasteiger partial charge in [0.15, 0.2) is 8.07 Å². The highest BCUT2D eigenvalue weighted by Crippen LogP contribution is 2.47. The zero-order valence-electron chi connectivity index (χ0n) is 29.7. The molecule has 0 saturated carbocycles. The van der Waals surface area contributed by atoms with E-state index in [1.807, 2.05) is 0 Å². The molecule has 0 fully saturated rings. The van der Waals surface area contributed by atoms with E-state index in [1.165, 1.54) is 86.3 Å². The van der Waals surface area contributed by atoms with Gasteiger partial charge < -0.3 is 4.90 Å². The van der Waals surface area contributed by atoms with Crippen molar-refractivity contribution in [1.82, 2.24) is 0 Å². The summed E-state index contributed by atoms with van der Waals surface area (Å²) in [6.45, 7) is 0. The van der Waals surface area contributed by atoms with Crippen molar-refractivity contribution in [3.63, 3.8) is 0 Å². The lowest BCUT2D eigenvalue weighted by Crippen LogP contribution is -2.72. The molecule has 1 aliphatic heterocycles. The van der Waals surface area contributed by atoms with Gasteiger partial charge in [0, 0.05) is 16.5 Å². The van der Waals surface area contributed by atoms with Gasteiger partial charge in [0.25, 0.3) is 0 Å². The summed E-state index contributed by atoms with van der Waals surface area (Å²) < 4.78 is 0. The van der Waals surface area contributed by atoms with Gasteiger partial charge in [0.05, 0.1) is 11.4 Å². The van der Waals surface area contributed by atoms with E-state index in [9.17, 15) is 0 Å². The van der Waals surface area contributed by atoms with Crippen LogP contribution in [0.15, 0.2) is 212 Å². The molecule has 10 aromatic carbocycles. The molecule has 0 spiro atoms. The Balaban J connectivity index is 0.00000372. The molecule has 10 aromatic rings. The highest BCUT2D eigenvalue weighted by molar-refractivity contribution is 7.22. The Morgan fingerprint density at radius 2 is 0.727 bits per heavy atom. The van der Waals surface area contributed by atoms with E-state index < -0.39 is 8.07 Å². The Labute approximate surface area is 323 Å². The van der Waals surface area contributed by atoms with Crippen molar-refractivity contribution in [2.45, 2.75) is 7.43 Å². The monoisotopic (exact) mass is 717 g/mol. The molecule has 0 aliphatic carbocycles. The van der Waals surface area contributed by atoms with E-state index >= 15 is 0 Å². The maximum Gasteiger partial charge on any atom is 0.180 e. The molecule has 0 radical (unpaired) electrons. The average molecular weight is 718 g/mol. The van der Waals surface area contributed by atoms with Gasteiger partial charge >= 0.3 is 0 Å². The van der Waals surface area contributed by atoms with Gasteiger partial charge in [-0.1, -0.05) is 195 Å².